The van der Waals surface area contributed by atoms with Crippen molar-refractivity contribution in [3.8, 4) is 0 Å². The fourth-order valence-corrected chi connectivity index (χ4v) is 2.22. The quantitative estimate of drug-likeness (QED) is 0.591. The van der Waals surface area contributed by atoms with Crippen LogP contribution in [0.1, 0.15) is 26.7 Å². The Morgan fingerprint density at radius 1 is 1.38 bits per heavy atom. The molecule has 0 aliphatic carbocycles. The van der Waals surface area contributed by atoms with Crippen molar-refractivity contribution < 1.29 is 24.3 Å². The van der Waals surface area contributed by atoms with E-state index in [1.807, 2.05) is 28.1 Å². The van der Waals surface area contributed by atoms with Gasteiger partial charge < -0.3 is 19.5 Å². The van der Waals surface area contributed by atoms with Gasteiger partial charge in [-0.05, 0) is 13.3 Å². The van der Waals surface area contributed by atoms with Crippen LogP contribution < -0.4 is 5.11 Å². The van der Waals surface area contributed by atoms with Crippen molar-refractivity contribution in [3.63, 3.8) is 0 Å². The first-order valence-electron chi connectivity index (χ1n) is 5.30. The van der Waals surface area contributed by atoms with E-state index >= 15 is 0 Å². The molecule has 0 aromatic carbocycles. The number of aliphatic carboxylic acids is 1. The minimum Gasteiger partial charge on any atom is -0.550 e. The number of Topliss-reactive ketones (excluding diaryl/α,β-unsaturated/α-hetero) is 1. The highest BCUT2D eigenvalue weighted by atomic mass is 16.4. The van der Waals surface area contributed by atoms with Crippen molar-refractivity contribution in [1.82, 2.24) is 0 Å². The largest absolute Gasteiger partial charge is 0.550 e. The van der Waals surface area contributed by atoms with Gasteiger partial charge in [0.05, 0.1) is 21.1 Å². The van der Waals surface area contributed by atoms with Crippen LogP contribution in [-0.4, -0.2) is 54.1 Å². The molecule has 2 atom stereocenters. The van der Waals surface area contributed by atoms with Gasteiger partial charge in [-0.25, -0.2) is 0 Å². The zero-order chi connectivity index (χ0) is 13.1. The van der Waals surface area contributed by atoms with Crippen molar-refractivity contribution >= 4 is 11.8 Å². The molecule has 0 rings (SSSR count). The van der Waals surface area contributed by atoms with Crippen molar-refractivity contribution in [2.24, 2.45) is 0 Å². The Hall–Kier alpha value is -0.940. The van der Waals surface area contributed by atoms with Crippen molar-refractivity contribution in [2.75, 3.05) is 21.1 Å². The second-order valence-electron chi connectivity index (χ2n) is 5.07. The average molecular weight is 231 g/mol. The highest BCUT2D eigenvalue weighted by molar-refractivity contribution is 5.89. The summed E-state index contributed by atoms with van der Waals surface area (Å²) in [6, 6.07) is -0.470. The van der Waals surface area contributed by atoms with E-state index in [1.165, 1.54) is 6.92 Å². The molecule has 1 N–H and O–H groups in total. The summed E-state index contributed by atoms with van der Waals surface area (Å²) in [5.74, 6) is -1.94. The topological polar surface area (TPSA) is 77.4 Å². The van der Waals surface area contributed by atoms with Gasteiger partial charge in [-0.15, -0.1) is 0 Å². The van der Waals surface area contributed by atoms with Gasteiger partial charge in [0.25, 0.3) is 0 Å². The van der Waals surface area contributed by atoms with Crippen molar-refractivity contribution in [1.29, 1.82) is 0 Å². The van der Waals surface area contributed by atoms with Crippen LogP contribution in [0.15, 0.2) is 0 Å². The number of carboxylic acid groups (broad SMARTS) is 1. The molecule has 0 aliphatic heterocycles. The maximum absolute atomic E-state index is 11.5. The summed E-state index contributed by atoms with van der Waals surface area (Å²) >= 11 is 0. The molecule has 0 fully saturated rings. The molecule has 0 radical (unpaired) electrons. The predicted molar refractivity (Wildman–Crippen MR) is 57.4 cm³/mol. The molecule has 0 spiro atoms. The predicted octanol–water partition coefficient (Wildman–Crippen LogP) is -1.07. The smallest absolute Gasteiger partial charge is 0.179 e. The summed E-state index contributed by atoms with van der Waals surface area (Å²) in [4.78, 5) is 22.1. The molecule has 0 saturated carbocycles. The van der Waals surface area contributed by atoms with Crippen LogP contribution in [0.5, 0.6) is 0 Å². The molecule has 0 bridgehead atoms. The number of ketones is 1. The lowest BCUT2D eigenvalue weighted by atomic mass is 9.83. The van der Waals surface area contributed by atoms with Crippen LogP contribution in [0, 0.1) is 0 Å². The number of carboxylic acids is 1. The zero-order valence-electron chi connectivity index (χ0n) is 10.6. The number of rotatable bonds is 6. The second-order valence-corrected chi connectivity index (χ2v) is 5.07. The fraction of sp³-hybridized carbons (Fsp3) is 0.818. The van der Waals surface area contributed by atoms with Gasteiger partial charge in [-0.1, -0.05) is 6.92 Å². The molecule has 1 unspecified atom stereocenters. The van der Waals surface area contributed by atoms with Crippen LogP contribution in [-0.2, 0) is 9.59 Å². The Bertz CT molecular complexity index is 282. The molecular weight excluding hydrogens is 210 g/mol. The highest BCUT2D eigenvalue weighted by Crippen LogP contribution is 2.26. The Morgan fingerprint density at radius 3 is 2.00 bits per heavy atom. The molecule has 0 saturated heterocycles. The molecule has 0 amide bonds. The third-order valence-corrected chi connectivity index (χ3v) is 2.90. The normalized spacial score (nSPS) is 17.6. The molecule has 0 aliphatic rings. The highest BCUT2D eigenvalue weighted by Gasteiger charge is 2.47. The van der Waals surface area contributed by atoms with E-state index in [2.05, 4.69) is 0 Å². The number of nitrogens with zero attached hydrogens (tertiary/aromatic N) is 1. The van der Waals surface area contributed by atoms with Crippen LogP contribution in [0.3, 0.4) is 0 Å². The van der Waals surface area contributed by atoms with Gasteiger partial charge in [-0.2, -0.15) is 0 Å². The first kappa shape index (κ1) is 15.1. The molecular formula is C11H21NO4. The van der Waals surface area contributed by atoms with Gasteiger partial charge in [0.1, 0.15) is 6.04 Å². The monoisotopic (exact) mass is 231 g/mol. The van der Waals surface area contributed by atoms with Crippen molar-refractivity contribution in [3.05, 3.63) is 0 Å². The lowest BCUT2D eigenvalue weighted by Crippen LogP contribution is -2.63. The van der Waals surface area contributed by atoms with E-state index in [0.29, 0.717) is 10.9 Å². The Balaban J connectivity index is 5.31. The van der Waals surface area contributed by atoms with E-state index in [0.717, 1.165) is 0 Å². The summed E-state index contributed by atoms with van der Waals surface area (Å²) in [5, 5.41) is 20.9. The van der Waals surface area contributed by atoms with E-state index in [-0.39, 0.29) is 0 Å². The van der Waals surface area contributed by atoms with Crippen LogP contribution >= 0.6 is 0 Å². The van der Waals surface area contributed by atoms with E-state index in [4.69, 9.17) is 0 Å². The SMILES string of the molecule is CCC([C@](O)(CC(=O)[O-])C(C)=O)[N+](C)(C)C. The van der Waals surface area contributed by atoms with Crippen LogP contribution in [0.2, 0.25) is 0 Å². The minimum absolute atomic E-state index is 0.319. The number of likely N-dealkylation sites (N-methyl/N-ethyl adjacent to an activating group) is 1. The maximum Gasteiger partial charge on any atom is 0.179 e. The summed E-state index contributed by atoms with van der Waals surface area (Å²) < 4.78 is 0.319. The van der Waals surface area contributed by atoms with E-state index in [9.17, 15) is 19.8 Å². The Morgan fingerprint density at radius 2 is 1.81 bits per heavy atom. The number of hydrogen-bond donors (Lipinski definition) is 1. The maximum atomic E-state index is 11.5. The molecule has 16 heavy (non-hydrogen) atoms. The number of aliphatic hydroxyl groups is 1. The standard InChI is InChI=1S/C11H21NO4/c1-6-9(12(3,4)5)11(16,8(2)13)7-10(14)15/h9,16H,6-7H2,1-5H3/t9?,11-/m0/s1. The van der Waals surface area contributed by atoms with Crippen LogP contribution in [0.4, 0.5) is 0 Å². The van der Waals surface area contributed by atoms with Gasteiger partial charge in [-0.3, -0.25) is 4.79 Å². The summed E-state index contributed by atoms with van der Waals surface area (Å²) in [6.07, 6.45) is -0.150. The number of hydrogen-bond acceptors (Lipinski definition) is 4. The van der Waals surface area contributed by atoms with Gasteiger partial charge >= 0.3 is 0 Å². The number of quaternary nitrogens is 1. The first-order chi connectivity index (χ1) is 7.05. The molecule has 94 valence electrons. The van der Waals surface area contributed by atoms with E-state index < -0.39 is 29.8 Å². The Kier molecular flexibility index (Phi) is 4.64. The van der Waals surface area contributed by atoms with E-state index in [1.54, 1.807) is 0 Å². The van der Waals surface area contributed by atoms with Gasteiger partial charge in [0, 0.05) is 12.4 Å². The summed E-state index contributed by atoms with van der Waals surface area (Å²) in [5.41, 5.74) is -1.86. The molecule has 5 nitrogen and oxygen atoms in total. The zero-order valence-corrected chi connectivity index (χ0v) is 10.6. The summed E-state index contributed by atoms with van der Waals surface area (Å²) in [6.45, 7) is 3.03. The van der Waals surface area contributed by atoms with Gasteiger partial charge in [0.15, 0.2) is 11.4 Å². The number of carbonyl (C=O) groups is 2. The summed E-state index contributed by atoms with van der Waals surface area (Å²) in [7, 11) is 5.45. The molecule has 0 aromatic heterocycles. The lowest BCUT2D eigenvalue weighted by molar-refractivity contribution is -0.902. The second kappa shape index (κ2) is 4.93. The first-order valence-corrected chi connectivity index (χ1v) is 5.30. The molecule has 5 heteroatoms. The van der Waals surface area contributed by atoms with Crippen LogP contribution in [0.25, 0.3) is 0 Å². The third kappa shape index (κ3) is 3.28. The third-order valence-electron chi connectivity index (χ3n) is 2.90. The molecule has 0 aromatic rings. The minimum atomic E-state index is -1.86. The fourth-order valence-electron chi connectivity index (χ4n) is 2.22. The molecule has 0 heterocycles. The van der Waals surface area contributed by atoms with Crippen molar-refractivity contribution in [2.45, 2.75) is 38.3 Å². The Labute approximate surface area is 96.3 Å². The van der Waals surface area contributed by atoms with Gasteiger partial charge in [0.2, 0.25) is 0 Å². The average Bonchev–Trinajstić information content (AvgIpc) is 1.99. The lowest BCUT2D eigenvalue weighted by Gasteiger charge is -2.42. The number of carbonyl (C=O) groups excluding carboxylic acids is 2.